The molecule has 0 aliphatic heterocycles. The van der Waals surface area contributed by atoms with Gasteiger partial charge in [-0.3, -0.25) is 4.79 Å². The minimum atomic E-state index is -0.103. The van der Waals surface area contributed by atoms with Crippen LogP contribution in [0.5, 0.6) is 11.5 Å². The molecule has 7 nitrogen and oxygen atoms in total. The maximum absolute atomic E-state index is 13.1. The molecule has 2 aromatic heterocycles. The maximum Gasteiger partial charge on any atom is 0.255 e. The number of carbonyl (C=O) groups is 1. The molecule has 0 N–H and O–H groups in total. The zero-order valence-corrected chi connectivity index (χ0v) is 17.2. The third-order valence-corrected chi connectivity index (χ3v) is 4.72. The number of carbonyl (C=O) groups excluding carboxylic acids is 1. The van der Waals surface area contributed by atoms with E-state index in [0.29, 0.717) is 29.3 Å². The predicted molar refractivity (Wildman–Crippen MR) is 108 cm³/mol. The second-order valence-corrected chi connectivity index (χ2v) is 7.03. The van der Waals surface area contributed by atoms with Crippen molar-refractivity contribution in [1.29, 1.82) is 0 Å². The molecular weight excluding hydrogens is 356 g/mol. The van der Waals surface area contributed by atoms with Gasteiger partial charge in [0.1, 0.15) is 0 Å². The number of rotatable bonds is 6. The minimum Gasteiger partial charge on any atom is -0.493 e. The van der Waals surface area contributed by atoms with Crippen molar-refractivity contribution in [3.8, 4) is 11.5 Å². The summed E-state index contributed by atoms with van der Waals surface area (Å²) < 4.78 is 12.7. The fraction of sp³-hybridized carbons (Fsp3) is 0.381. The molecule has 0 saturated carbocycles. The Hall–Kier alpha value is -3.09. The maximum atomic E-state index is 13.1. The normalized spacial score (nSPS) is 11.1. The van der Waals surface area contributed by atoms with E-state index in [2.05, 4.69) is 23.9 Å². The highest BCUT2D eigenvalue weighted by atomic mass is 16.5. The molecule has 3 rings (SSSR count). The van der Waals surface area contributed by atoms with E-state index in [-0.39, 0.29) is 11.9 Å². The van der Waals surface area contributed by atoms with Crippen LogP contribution in [0.2, 0.25) is 0 Å². The Morgan fingerprint density at radius 1 is 1.25 bits per heavy atom. The van der Waals surface area contributed by atoms with Gasteiger partial charge in [0.15, 0.2) is 17.1 Å². The predicted octanol–water partition coefficient (Wildman–Crippen LogP) is 3.61. The molecule has 7 heteroatoms. The molecule has 0 saturated heterocycles. The summed E-state index contributed by atoms with van der Waals surface area (Å²) in [7, 11) is 4.96. The van der Waals surface area contributed by atoms with E-state index in [1.165, 1.54) is 0 Å². The van der Waals surface area contributed by atoms with Gasteiger partial charge in [-0.15, -0.1) is 0 Å². The largest absolute Gasteiger partial charge is 0.493 e. The van der Waals surface area contributed by atoms with Crippen molar-refractivity contribution in [1.82, 2.24) is 19.7 Å². The Balaban J connectivity index is 1.91. The van der Waals surface area contributed by atoms with Crippen molar-refractivity contribution in [2.24, 2.45) is 0 Å². The van der Waals surface area contributed by atoms with Gasteiger partial charge in [0, 0.05) is 30.6 Å². The van der Waals surface area contributed by atoms with Gasteiger partial charge in [0.05, 0.1) is 31.7 Å². The molecule has 0 spiro atoms. The monoisotopic (exact) mass is 382 g/mol. The number of fused-ring (bicyclic) bond motifs is 1. The van der Waals surface area contributed by atoms with Gasteiger partial charge in [-0.2, -0.15) is 5.10 Å². The lowest BCUT2D eigenvalue weighted by molar-refractivity contribution is 0.0783. The lowest BCUT2D eigenvalue weighted by atomic mass is 10.1. The summed E-state index contributed by atoms with van der Waals surface area (Å²) >= 11 is 0. The van der Waals surface area contributed by atoms with Crippen molar-refractivity contribution in [2.45, 2.75) is 33.4 Å². The first-order valence-electron chi connectivity index (χ1n) is 9.17. The molecule has 1 amide bonds. The summed E-state index contributed by atoms with van der Waals surface area (Å²) in [6.45, 7) is 6.35. The highest BCUT2D eigenvalue weighted by Crippen LogP contribution is 2.31. The Morgan fingerprint density at radius 3 is 2.64 bits per heavy atom. The number of pyridine rings is 1. The van der Waals surface area contributed by atoms with Crippen LogP contribution in [0, 0.1) is 6.92 Å². The number of amides is 1. The van der Waals surface area contributed by atoms with Crippen LogP contribution in [0.15, 0.2) is 30.5 Å². The second kappa shape index (κ2) is 7.88. The first-order chi connectivity index (χ1) is 13.4. The lowest BCUT2D eigenvalue weighted by Gasteiger charge is -2.20. The number of benzene rings is 1. The van der Waals surface area contributed by atoms with Crippen molar-refractivity contribution in [3.05, 3.63) is 47.3 Å². The van der Waals surface area contributed by atoms with Crippen molar-refractivity contribution in [2.75, 3.05) is 21.3 Å². The number of para-hydroxylation sites is 1. The standard InChI is InChI=1S/C21H26N4O3/c1-13(2)25-20-16(11-22-25)10-17(14(3)23-20)21(26)24(4)12-15-8-7-9-18(27-5)19(15)28-6/h7-11,13H,12H2,1-6H3. The molecule has 0 bridgehead atoms. The number of hydrogen-bond donors (Lipinski definition) is 0. The molecule has 0 atom stereocenters. The van der Waals surface area contributed by atoms with Gasteiger partial charge < -0.3 is 14.4 Å². The number of nitrogens with zero attached hydrogens (tertiary/aromatic N) is 4. The van der Waals surface area contributed by atoms with E-state index < -0.39 is 0 Å². The van der Waals surface area contributed by atoms with E-state index >= 15 is 0 Å². The zero-order valence-electron chi connectivity index (χ0n) is 17.2. The summed E-state index contributed by atoms with van der Waals surface area (Å²) in [5.41, 5.74) is 2.92. The van der Waals surface area contributed by atoms with Crippen LogP contribution in [0.1, 0.15) is 41.5 Å². The van der Waals surface area contributed by atoms with Crippen LogP contribution in [-0.2, 0) is 6.54 Å². The highest BCUT2D eigenvalue weighted by Gasteiger charge is 2.20. The summed E-state index contributed by atoms with van der Waals surface area (Å²) in [6, 6.07) is 7.71. The van der Waals surface area contributed by atoms with Crippen molar-refractivity contribution >= 4 is 16.9 Å². The van der Waals surface area contributed by atoms with E-state index in [0.717, 1.165) is 16.6 Å². The van der Waals surface area contributed by atoms with E-state index in [1.54, 1.807) is 32.4 Å². The number of aryl methyl sites for hydroxylation is 1. The lowest BCUT2D eigenvalue weighted by Crippen LogP contribution is -2.27. The summed E-state index contributed by atoms with van der Waals surface area (Å²) in [4.78, 5) is 19.4. The second-order valence-electron chi connectivity index (χ2n) is 7.03. The quantitative estimate of drug-likeness (QED) is 0.651. The van der Waals surface area contributed by atoms with Crippen LogP contribution in [0.25, 0.3) is 11.0 Å². The topological polar surface area (TPSA) is 69.5 Å². The molecule has 1 aromatic carbocycles. The fourth-order valence-corrected chi connectivity index (χ4v) is 3.27. The minimum absolute atomic E-state index is 0.103. The highest BCUT2D eigenvalue weighted by molar-refractivity contribution is 5.98. The van der Waals surface area contributed by atoms with Crippen LogP contribution in [-0.4, -0.2) is 46.8 Å². The van der Waals surface area contributed by atoms with E-state index in [4.69, 9.17) is 9.47 Å². The summed E-state index contributed by atoms with van der Waals surface area (Å²) in [5, 5.41) is 5.25. The number of ether oxygens (including phenoxy) is 2. The van der Waals surface area contributed by atoms with Crippen LogP contribution in [0.3, 0.4) is 0 Å². The van der Waals surface area contributed by atoms with Gasteiger partial charge in [0.2, 0.25) is 0 Å². The summed E-state index contributed by atoms with van der Waals surface area (Å²) in [5.74, 6) is 1.17. The van der Waals surface area contributed by atoms with Gasteiger partial charge in [-0.25, -0.2) is 9.67 Å². The Bertz CT molecular complexity index is 1010. The van der Waals surface area contributed by atoms with Crippen LogP contribution >= 0.6 is 0 Å². The van der Waals surface area contributed by atoms with Gasteiger partial charge >= 0.3 is 0 Å². The molecule has 2 heterocycles. The number of methoxy groups -OCH3 is 2. The average molecular weight is 382 g/mol. The fourth-order valence-electron chi connectivity index (χ4n) is 3.27. The average Bonchev–Trinajstić information content (AvgIpc) is 3.09. The third kappa shape index (κ3) is 3.52. The van der Waals surface area contributed by atoms with Crippen LogP contribution < -0.4 is 9.47 Å². The van der Waals surface area contributed by atoms with E-state index in [1.807, 2.05) is 35.9 Å². The smallest absolute Gasteiger partial charge is 0.255 e. The molecule has 0 fully saturated rings. The molecule has 0 aliphatic rings. The summed E-state index contributed by atoms with van der Waals surface area (Å²) in [6.07, 6.45) is 1.75. The Kier molecular flexibility index (Phi) is 5.53. The Morgan fingerprint density at radius 2 is 2.00 bits per heavy atom. The van der Waals surface area contributed by atoms with Gasteiger partial charge in [0.25, 0.3) is 5.91 Å². The first kappa shape index (κ1) is 19.7. The van der Waals surface area contributed by atoms with Crippen molar-refractivity contribution < 1.29 is 14.3 Å². The first-order valence-corrected chi connectivity index (χ1v) is 9.17. The van der Waals surface area contributed by atoms with Crippen molar-refractivity contribution in [3.63, 3.8) is 0 Å². The van der Waals surface area contributed by atoms with Gasteiger partial charge in [-0.1, -0.05) is 12.1 Å². The molecule has 28 heavy (non-hydrogen) atoms. The molecule has 3 aromatic rings. The number of hydrogen-bond acceptors (Lipinski definition) is 5. The number of aromatic nitrogens is 3. The third-order valence-electron chi connectivity index (χ3n) is 4.72. The SMILES string of the molecule is COc1cccc(CN(C)C(=O)c2cc3cnn(C(C)C)c3nc2C)c1OC. The molecule has 0 aliphatic carbocycles. The van der Waals surface area contributed by atoms with E-state index in [9.17, 15) is 4.79 Å². The zero-order chi connectivity index (χ0) is 20.4. The molecule has 0 radical (unpaired) electrons. The molecular formula is C21H26N4O3. The van der Waals surface area contributed by atoms with Crippen LogP contribution in [0.4, 0.5) is 0 Å². The molecule has 0 unspecified atom stereocenters. The van der Waals surface area contributed by atoms with Gasteiger partial charge in [-0.05, 0) is 32.9 Å². The molecule has 148 valence electrons. The Labute approximate surface area is 164 Å².